The first kappa shape index (κ1) is 11.7. The quantitative estimate of drug-likeness (QED) is 0.843. The highest BCUT2D eigenvalue weighted by Crippen LogP contribution is 2.39. The Hall–Kier alpha value is -0.760. The van der Waals surface area contributed by atoms with E-state index >= 15 is 0 Å². The second-order valence-corrected chi connectivity index (χ2v) is 5.08. The third kappa shape index (κ3) is 2.32. The van der Waals surface area contributed by atoms with Crippen molar-refractivity contribution in [1.29, 1.82) is 0 Å². The average molecular weight is 222 g/mol. The first-order chi connectivity index (χ1) is 7.72. The van der Waals surface area contributed by atoms with E-state index in [0.717, 1.165) is 23.7 Å². The van der Waals surface area contributed by atoms with E-state index in [9.17, 15) is 5.11 Å². The third-order valence-corrected chi connectivity index (χ3v) is 4.06. The second-order valence-electron chi connectivity index (χ2n) is 5.08. The maximum absolute atomic E-state index is 10.4. The monoisotopic (exact) mass is 222 g/mol. The van der Waals surface area contributed by atoms with Gasteiger partial charge >= 0.3 is 0 Å². The van der Waals surface area contributed by atoms with Crippen molar-refractivity contribution in [3.05, 3.63) is 23.7 Å². The number of aryl methyl sites for hydroxylation is 1. The molecule has 1 aromatic rings. The van der Waals surface area contributed by atoms with Gasteiger partial charge in [-0.25, -0.2) is 0 Å². The molecular weight excluding hydrogens is 200 g/mol. The predicted octanol–water partition coefficient (Wildman–Crippen LogP) is 3.84. The second kappa shape index (κ2) is 5.05. The van der Waals surface area contributed by atoms with E-state index in [0.29, 0.717) is 5.92 Å². The zero-order chi connectivity index (χ0) is 11.5. The summed E-state index contributed by atoms with van der Waals surface area (Å²) >= 11 is 0. The summed E-state index contributed by atoms with van der Waals surface area (Å²) in [5, 5.41) is 10.4. The van der Waals surface area contributed by atoms with Crippen LogP contribution in [0, 0.1) is 18.8 Å². The summed E-state index contributed by atoms with van der Waals surface area (Å²) in [6, 6.07) is 1.91. The molecule has 1 saturated carbocycles. The normalized spacial score (nSPS) is 27.9. The average Bonchev–Trinajstić information content (AvgIpc) is 2.74. The van der Waals surface area contributed by atoms with Crippen LogP contribution in [0.4, 0.5) is 0 Å². The summed E-state index contributed by atoms with van der Waals surface area (Å²) in [6.07, 6.45) is 7.51. The molecule has 1 fully saturated rings. The maximum atomic E-state index is 10.4. The molecule has 1 aliphatic carbocycles. The molecule has 2 rings (SSSR count). The Morgan fingerprint density at radius 2 is 2.31 bits per heavy atom. The van der Waals surface area contributed by atoms with Crippen molar-refractivity contribution < 1.29 is 9.52 Å². The van der Waals surface area contributed by atoms with Gasteiger partial charge in [0.05, 0.1) is 12.4 Å². The minimum atomic E-state index is -0.326. The highest BCUT2D eigenvalue weighted by atomic mass is 16.3. The van der Waals surface area contributed by atoms with Crippen molar-refractivity contribution in [2.45, 2.75) is 52.1 Å². The van der Waals surface area contributed by atoms with Crippen LogP contribution in [0.15, 0.2) is 16.7 Å². The summed E-state index contributed by atoms with van der Waals surface area (Å²) in [4.78, 5) is 0. The van der Waals surface area contributed by atoms with Crippen LogP contribution >= 0.6 is 0 Å². The first-order valence-corrected chi connectivity index (χ1v) is 6.44. The van der Waals surface area contributed by atoms with Gasteiger partial charge in [-0.15, -0.1) is 0 Å². The molecule has 0 radical (unpaired) electrons. The lowest BCUT2D eigenvalue weighted by molar-refractivity contribution is 0.0667. The Labute approximate surface area is 97.7 Å². The van der Waals surface area contributed by atoms with Crippen molar-refractivity contribution >= 4 is 0 Å². The summed E-state index contributed by atoms with van der Waals surface area (Å²) in [5.41, 5.74) is 0.988. The van der Waals surface area contributed by atoms with Gasteiger partial charge in [-0.2, -0.15) is 0 Å². The zero-order valence-corrected chi connectivity index (χ0v) is 10.3. The Bertz CT molecular complexity index is 329. The van der Waals surface area contributed by atoms with E-state index in [1.54, 1.807) is 6.26 Å². The lowest BCUT2D eigenvalue weighted by Crippen LogP contribution is -2.21. The molecule has 1 N–H and O–H groups in total. The fraction of sp³-hybridized carbons (Fsp3) is 0.714. The van der Waals surface area contributed by atoms with Gasteiger partial charge in [0.1, 0.15) is 5.76 Å². The highest BCUT2D eigenvalue weighted by molar-refractivity contribution is 5.19. The Morgan fingerprint density at radius 1 is 1.50 bits per heavy atom. The van der Waals surface area contributed by atoms with Crippen LogP contribution in [-0.4, -0.2) is 5.11 Å². The molecule has 0 amide bonds. The van der Waals surface area contributed by atoms with E-state index in [-0.39, 0.29) is 6.10 Å². The summed E-state index contributed by atoms with van der Waals surface area (Å²) in [5.74, 6) is 2.10. The summed E-state index contributed by atoms with van der Waals surface area (Å²) < 4.78 is 5.27. The molecule has 0 aromatic carbocycles. The molecule has 2 nitrogen and oxygen atoms in total. The van der Waals surface area contributed by atoms with Gasteiger partial charge in [-0.05, 0) is 37.7 Å². The van der Waals surface area contributed by atoms with Crippen LogP contribution in [0.5, 0.6) is 0 Å². The van der Waals surface area contributed by atoms with Crippen LogP contribution in [0.25, 0.3) is 0 Å². The van der Waals surface area contributed by atoms with Gasteiger partial charge in [0.15, 0.2) is 0 Å². The smallest absolute Gasteiger partial charge is 0.106 e. The van der Waals surface area contributed by atoms with Crippen LogP contribution in [-0.2, 0) is 0 Å². The van der Waals surface area contributed by atoms with Crippen LogP contribution < -0.4 is 0 Å². The highest BCUT2D eigenvalue weighted by Gasteiger charge is 2.28. The number of hydrogen-bond donors (Lipinski definition) is 1. The maximum Gasteiger partial charge on any atom is 0.106 e. The number of rotatable bonds is 3. The van der Waals surface area contributed by atoms with Gasteiger partial charge in [0, 0.05) is 5.56 Å². The number of aliphatic hydroxyl groups excluding tert-OH is 1. The molecule has 2 heteroatoms. The Morgan fingerprint density at radius 3 is 2.94 bits per heavy atom. The topological polar surface area (TPSA) is 33.4 Å². The minimum Gasteiger partial charge on any atom is -0.469 e. The summed E-state index contributed by atoms with van der Waals surface area (Å²) in [6.45, 7) is 4.18. The van der Waals surface area contributed by atoms with E-state index in [2.05, 4.69) is 6.92 Å². The van der Waals surface area contributed by atoms with E-state index in [1.807, 2.05) is 13.0 Å². The Balaban J connectivity index is 2.04. The molecule has 0 bridgehead atoms. The lowest BCUT2D eigenvalue weighted by atomic mass is 9.76. The van der Waals surface area contributed by atoms with Crippen LogP contribution in [0.2, 0.25) is 0 Å². The Kier molecular flexibility index (Phi) is 3.70. The van der Waals surface area contributed by atoms with E-state index in [4.69, 9.17) is 4.42 Å². The molecule has 90 valence electrons. The SMILES string of the molecule is CCC1CCCC(C(O)c2ccoc2C)C1. The molecule has 0 spiro atoms. The van der Waals surface area contributed by atoms with Crippen molar-refractivity contribution in [3.8, 4) is 0 Å². The molecule has 1 aliphatic rings. The number of hydrogen-bond acceptors (Lipinski definition) is 2. The largest absolute Gasteiger partial charge is 0.469 e. The van der Waals surface area contributed by atoms with Crippen molar-refractivity contribution in [2.24, 2.45) is 11.8 Å². The fourth-order valence-corrected chi connectivity index (χ4v) is 2.95. The van der Waals surface area contributed by atoms with Crippen LogP contribution in [0.1, 0.15) is 56.5 Å². The molecule has 3 atom stereocenters. The standard InChI is InChI=1S/C14H22O2/c1-3-11-5-4-6-12(9-11)14(15)13-7-8-16-10(13)2/h7-8,11-12,14-15H,3-6,9H2,1-2H3. The van der Waals surface area contributed by atoms with Gasteiger partial charge in [0.2, 0.25) is 0 Å². The summed E-state index contributed by atoms with van der Waals surface area (Å²) in [7, 11) is 0. The molecular formula is C14H22O2. The predicted molar refractivity (Wildman–Crippen MR) is 64.1 cm³/mol. The first-order valence-electron chi connectivity index (χ1n) is 6.44. The molecule has 3 unspecified atom stereocenters. The fourth-order valence-electron chi connectivity index (χ4n) is 2.95. The van der Waals surface area contributed by atoms with Gasteiger partial charge < -0.3 is 9.52 Å². The molecule has 0 saturated heterocycles. The van der Waals surface area contributed by atoms with E-state index in [1.165, 1.54) is 25.7 Å². The van der Waals surface area contributed by atoms with E-state index < -0.39 is 0 Å². The van der Waals surface area contributed by atoms with Crippen molar-refractivity contribution in [3.63, 3.8) is 0 Å². The molecule has 1 aromatic heterocycles. The third-order valence-electron chi connectivity index (χ3n) is 4.06. The van der Waals surface area contributed by atoms with Crippen LogP contribution in [0.3, 0.4) is 0 Å². The lowest BCUT2D eigenvalue weighted by Gasteiger charge is -2.31. The van der Waals surface area contributed by atoms with Crippen molar-refractivity contribution in [2.75, 3.05) is 0 Å². The zero-order valence-electron chi connectivity index (χ0n) is 10.3. The molecule has 1 heterocycles. The van der Waals surface area contributed by atoms with Gasteiger partial charge in [0.25, 0.3) is 0 Å². The molecule has 0 aliphatic heterocycles. The number of furan rings is 1. The van der Waals surface area contributed by atoms with Crippen molar-refractivity contribution in [1.82, 2.24) is 0 Å². The number of aliphatic hydroxyl groups is 1. The minimum absolute atomic E-state index is 0.326. The molecule has 16 heavy (non-hydrogen) atoms. The van der Waals surface area contributed by atoms with Gasteiger partial charge in [-0.3, -0.25) is 0 Å². The van der Waals surface area contributed by atoms with Gasteiger partial charge in [-0.1, -0.05) is 26.2 Å².